The molecule has 0 saturated carbocycles. The van der Waals surface area contributed by atoms with Gasteiger partial charge in [-0.05, 0) is 49.2 Å². The number of amides is 4. The number of ether oxygens (including phenoxy) is 1. The zero-order valence-corrected chi connectivity index (χ0v) is 17.6. The van der Waals surface area contributed by atoms with Crippen LogP contribution in [0.25, 0.3) is 11.1 Å². The van der Waals surface area contributed by atoms with Crippen LogP contribution in [0.15, 0.2) is 30.3 Å². The van der Waals surface area contributed by atoms with E-state index in [1.165, 1.54) is 25.1 Å². The van der Waals surface area contributed by atoms with E-state index in [4.69, 9.17) is 4.74 Å². The molecule has 1 saturated heterocycles. The largest absolute Gasteiger partial charge is 0.487 e. The van der Waals surface area contributed by atoms with Gasteiger partial charge in [0.15, 0.2) is 5.78 Å². The third kappa shape index (κ3) is 4.32. The van der Waals surface area contributed by atoms with E-state index in [2.05, 4.69) is 16.0 Å². The molecule has 2 heterocycles. The number of hydrogen-bond donors (Lipinski definition) is 3. The Labute approximate surface area is 183 Å². The summed E-state index contributed by atoms with van der Waals surface area (Å²) in [5.41, 5.74) is 3.04. The first-order valence-corrected chi connectivity index (χ1v) is 10.2. The van der Waals surface area contributed by atoms with Crippen LogP contribution in [0.1, 0.15) is 34.8 Å². The second kappa shape index (κ2) is 8.41. The summed E-state index contributed by atoms with van der Waals surface area (Å²) >= 11 is 0. The van der Waals surface area contributed by atoms with Crippen molar-refractivity contribution in [3.8, 4) is 16.9 Å². The van der Waals surface area contributed by atoms with Gasteiger partial charge in [-0.3, -0.25) is 19.7 Å². The van der Waals surface area contributed by atoms with Gasteiger partial charge < -0.3 is 15.4 Å². The quantitative estimate of drug-likeness (QED) is 0.471. The topological polar surface area (TPSA) is 114 Å². The lowest BCUT2D eigenvalue weighted by Crippen LogP contribution is -2.39. The highest BCUT2D eigenvalue weighted by atomic mass is 19.1. The Balaban J connectivity index is 1.48. The van der Waals surface area contributed by atoms with Crippen LogP contribution in [0, 0.1) is 12.7 Å². The first-order valence-electron chi connectivity index (χ1n) is 10.2. The van der Waals surface area contributed by atoms with Gasteiger partial charge in [-0.1, -0.05) is 6.07 Å². The van der Waals surface area contributed by atoms with Crippen LogP contribution >= 0.6 is 0 Å². The first-order chi connectivity index (χ1) is 15.2. The zero-order chi connectivity index (χ0) is 23.0. The van der Waals surface area contributed by atoms with Crippen LogP contribution in [0.2, 0.25) is 0 Å². The number of rotatable bonds is 6. The molecule has 4 amide bonds. The molecule has 9 heteroatoms. The van der Waals surface area contributed by atoms with Crippen molar-refractivity contribution in [3.63, 3.8) is 0 Å². The van der Waals surface area contributed by atoms with E-state index in [-0.39, 0.29) is 30.4 Å². The smallest absolute Gasteiger partial charge is 0.322 e. The molecule has 0 aromatic heterocycles. The molecular weight excluding hydrogens is 417 g/mol. The standard InChI is InChI=1S/C23H22FN3O5/c1-11-5-14-7-15(10-25-20(29)9-19-22(30)27-23(31)26-19)32-21(14)17(6-11)16-8-13(12(2)28)3-4-18(16)24/h3-6,8,15,19H,7,9-10H2,1-2H3,(H,25,29)(H2,26,27,30,31). The Hall–Kier alpha value is -3.75. The molecule has 166 valence electrons. The number of ketones is 1. The summed E-state index contributed by atoms with van der Waals surface area (Å²) in [6.07, 6.45) is -0.0376. The minimum atomic E-state index is -0.894. The van der Waals surface area contributed by atoms with Crippen LogP contribution in [-0.2, 0) is 16.0 Å². The number of fused-ring (bicyclic) bond motifs is 1. The predicted octanol–water partition coefficient (Wildman–Crippen LogP) is 2.02. The normalized spacial score (nSPS) is 19.1. The van der Waals surface area contributed by atoms with E-state index in [9.17, 15) is 23.6 Å². The van der Waals surface area contributed by atoms with Crippen molar-refractivity contribution in [1.82, 2.24) is 16.0 Å². The molecule has 2 unspecified atom stereocenters. The summed E-state index contributed by atoms with van der Waals surface area (Å²) in [5.74, 6) is -1.03. The average molecular weight is 439 g/mol. The highest BCUT2D eigenvalue weighted by Gasteiger charge is 2.32. The number of Topliss-reactive ketones (excluding diaryl/α,β-unsaturated/α-hetero) is 1. The molecule has 1 fully saturated rings. The summed E-state index contributed by atoms with van der Waals surface area (Å²) in [5, 5.41) is 7.17. The lowest BCUT2D eigenvalue weighted by atomic mass is 9.95. The van der Waals surface area contributed by atoms with Gasteiger partial charge in [0, 0.05) is 23.1 Å². The molecule has 32 heavy (non-hydrogen) atoms. The Morgan fingerprint density at radius 3 is 2.66 bits per heavy atom. The second-order valence-corrected chi connectivity index (χ2v) is 8.02. The molecule has 4 rings (SSSR count). The fraction of sp³-hybridized carbons (Fsp3) is 0.304. The number of benzene rings is 2. The zero-order valence-electron chi connectivity index (χ0n) is 17.6. The van der Waals surface area contributed by atoms with Crippen LogP contribution in [-0.4, -0.2) is 42.3 Å². The highest BCUT2D eigenvalue weighted by Crippen LogP contribution is 2.41. The summed E-state index contributed by atoms with van der Waals surface area (Å²) < 4.78 is 20.7. The van der Waals surface area contributed by atoms with Crippen LogP contribution in [0.5, 0.6) is 5.75 Å². The summed E-state index contributed by atoms with van der Waals surface area (Å²) in [7, 11) is 0. The van der Waals surface area contributed by atoms with Gasteiger partial charge in [0.1, 0.15) is 23.7 Å². The number of carbonyl (C=O) groups excluding carboxylic acids is 4. The van der Waals surface area contributed by atoms with E-state index in [1.807, 2.05) is 19.1 Å². The summed E-state index contributed by atoms with van der Waals surface area (Å²) in [4.78, 5) is 46.7. The maximum absolute atomic E-state index is 14.6. The average Bonchev–Trinajstić information content (AvgIpc) is 3.27. The fourth-order valence-electron chi connectivity index (χ4n) is 3.95. The van der Waals surface area contributed by atoms with Crippen LogP contribution in [0.3, 0.4) is 0 Å². The van der Waals surface area contributed by atoms with E-state index in [0.29, 0.717) is 23.3 Å². The maximum atomic E-state index is 14.6. The molecule has 0 radical (unpaired) electrons. The number of nitrogens with one attached hydrogen (secondary N) is 3. The molecule has 2 aliphatic rings. The van der Waals surface area contributed by atoms with Gasteiger partial charge in [0.25, 0.3) is 5.91 Å². The monoisotopic (exact) mass is 439 g/mol. The molecule has 2 aromatic rings. The van der Waals surface area contributed by atoms with Crippen molar-refractivity contribution in [2.75, 3.05) is 6.54 Å². The van der Waals surface area contributed by atoms with Crippen molar-refractivity contribution < 1.29 is 28.3 Å². The van der Waals surface area contributed by atoms with Crippen LogP contribution < -0.4 is 20.7 Å². The molecule has 2 aromatic carbocycles. The minimum absolute atomic E-state index is 0.163. The van der Waals surface area contributed by atoms with Crippen molar-refractivity contribution in [2.24, 2.45) is 0 Å². The molecule has 2 aliphatic heterocycles. The Bertz CT molecular complexity index is 1150. The molecule has 0 aliphatic carbocycles. The lowest BCUT2D eigenvalue weighted by Gasteiger charge is -2.15. The van der Waals surface area contributed by atoms with E-state index < -0.39 is 29.7 Å². The van der Waals surface area contributed by atoms with Gasteiger partial charge >= 0.3 is 6.03 Å². The van der Waals surface area contributed by atoms with Crippen molar-refractivity contribution in [2.45, 2.75) is 38.8 Å². The molecule has 8 nitrogen and oxygen atoms in total. The molecule has 2 atom stereocenters. The second-order valence-electron chi connectivity index (χ2n) is 8.02. The summed E-state index contributed by atoms with van der Waals surface area (Å²) in [6, 6.07) is 6.48. The minimum Gasteiger partial charge on any atom is -0.487 e. The van der Waals surface area contributed by atoms with E-state index in [1.54, 1.807) is 0 Å². The van der Waals surface area contributed by atoms with Gasteiger partial charge in [-0.15, -0.1) is 0 Å². The number of aryl methyl sites for hydroxylation is 1. The highest BCUT2D eigenvalue weighted by molar-refractivity contribution is 6.05. The SMILES string of the molecule is CC(=O)c1ccc(F)c(-c2cc(C)cc3c2OC(CNC(=O)CC2NC(=O)NC2=O)C3)c1. The number of hydrogen-bond acceptors (Lipinski definition) is 5. The van der Waals surface area contributed by atoms with E-state index >= 15 is 0 Å². The fourth-order valence-corrected chi connectivity index (χ4v) is 3.95. The van der Waals surface area contributed by atoms with Gasteiger partial charge in [-0.2, -0.15) is 0 Å². The molecular formula is C23H22FN3O5. The van der Waals surface area contributed by atoms with Crippen molar-refractivity contribution in [3.05, 3.63) is 52.8 Å². The number of imide groups is 1. The summed E-state index contributed by atoms with van der Waals surface area (Å²) in [6.45, 7) is 3.50. The van der Waals surface area contributed by atoms with Gasteiger partial charge in [-0.25, -0.2) is 9.18 Å². The van der Waals surface area contributed by atoms with Crippen molar-refractivity contribution in [1.29, 1.82) is 0 Å². The maximum Gasteiger partial charge on any atom is 0.322 e. The van der Waals surface area contributed by atoms with E-state index in [0.717, 1.165) is 11.1 Å². The Morgan fingerprint density at radius 1 is 1.19 bits per heavy atom. The Morgan fingerprint density at radius 2 is 1.97 bits per heavy atom. The molecule has 0 bridgehead atoms. The molecule has 3 N–H and O–H groups in total. The lowest BCUT2D eigenvalue weighted by molar-refractivity contribution is -0.126. The third-order valence-corrected chi connectivity index (χ3v) is 5.48. The van der Waals surface area contributed by atoms with Crippen molar-refractivity contribution >= 4 is 23.6 Å². The number of halogens is 1. The molecule has 0 spiro atoms. The Kier molecular flexibility index (Phi) is 5.65. The number of urea groups is 1. The van der Waals surface area contributed by atoms with Crippen LogP contribution in [0.4, 0.5) is 9.18 Å². The first kappa shape index (κ1) is 21.5. The van der Waals surface area contributed by atoms with Gasteiger partial charge in [0.2, 0.25) is 5.91 Å². The third-order valence-electron chi connectivity index (χ3n) is 5.48. The predicted molar refractivity (Wildman–Crippen MR) is 113 cm³/mol. The van der Waals surface area contributed by atoms with Gasteiger partial charge in [0.05, 0.1) is 13.0 Å². The number of carbonyl (C=O) groups is 4.